The first kappa shape index (κ1) is 15.8. The predicted molar refractivity (Wildman–Crippen MR) is 88.1 cm³/mol. The molecule has 0 spiro atoms. The molecule has 0 radical (unpaired) electrons. The minimum atomic E-state index is 0.103. The molecule has 3 unspecified atom stereocenters. The maximum Gasteiger partial charge on any atom is 0.225 e. The summed E-state index contributed by atoms with van der Waals surface area (Å²) in [6, 6.07) is 10.7. The molecule has 2 nitrogen and oxygen atoms in total. The van der Waals surface area contributed by atoms with Gasteiger partial charge in [0.1, 0.15) is 0 Å². The zero-order valence-electron chi connectivity index (χ0n) is 13.5. The van der Waals surface area contributed by atoms with Gasteiger partial charge in [0, 0.05) is 19.0 Å². The van der Waals surface area contributed by atoms with E-state index in [-0.39, 0.29) is 17.2 Å². The number of rotatable bonds is 7. The lowest BCUT2D eigenvalue weighted by atomic mass is 9.95. The van der Waals surface area contributed by atoms with Crippen LogP contribution in [-0.2, 0) is 10.2 Å². The average molecular weight is 285 g/mol. The molecule has 0 N–H and O–H groups in total. The normalized spacial score (nSPS) is 25.2. The Morgan fingerprint density at radius 2 is 2.14 bits per heavy atom. The number of carbonyl (C=O) groups is 1. The molecular formula is C19H27NO. The van der Waals surface area contributed by atoms with Gasteiger partial charge in [-0.3, -0.25) is 4.79 Å². The highest BCUT2D eigenvalue weighted by Crippen LogP contribution is 2.54. The Bertz CT molecular complexity index is 496. The Morgan fingerprint density at radius 3 is 2.71 bits per heavy atom. The second-order valence-corrected chi connectivity index (χ2v) is 6.53. The van der Waals surface area contributed by atoms with Crippen LogP contribution in [0, 0.1) is 11.8 Å². The maximum atomic E-state index is 12.5. The van der Waals surface area contributed by atoms with Crippen LogP contribution in [0.1, 0.15) is 39.2 Å². The lowest BCUT2D eigenvalue weighted by molar-refractivity contribution is -0.134. The first-order valence-corrected chi connectivity index (χ1v) is 7.98. The number of hydrogen-bond acceptors (Lipinski definition) is 1. The van der Waals surface area contributed by atoms with Gasteiger partial charge in [-0.1, -0.05) is 57.2 Å². The van der Waals surface area contributed by atoms with Gasteiger partial charge in [0.15, 0.2) is 0 Å². The van der Waals surface area contributed by atoms with E-state index in [0.29, 0.717) is 12.5 Å². The van der Waals surface area contributed by atoms with Crippen molar-refractivity contribution in [3.63, 3.8) is 0 Å². The highest BCUT2D eigenvalue weighted by Gasteiger charge is 2.51. The molecule has 114 valence electrons. The lowest BCUT2D eigenvalue weighted by Crippen LogP contribution is -2.37. The number of amides is 1. The van der Waals surface area contributed by atoms with Crippen molar-refractivity contribution in [3.05, 3.63) is 48.6 Å². The minimum absolute atomic E-state index is 0.103. The minimum Gasteiger partial charge on any atom is -0.338 e. The summed E-state index contributed by atoms with van der Waals surface area (Å²) in [4.78, 5) is 14.4. The van der Waals surface area contributed by atoms with Gasteiger partial charge < -0.3 is 4.90 Å². The molecule has 21 heavy (non-hydrogen) atoms. The molecule has 1 aromatic carbocycles. The van der Waals surface area contributed by atoms with E-state index < -0.39 is 0 Å². The maximum absolute atomic E-state index is 12.5. The van der Waals surface area contributed by atoms with E-state index in [1.54, 1.807) is 0 Å². The zero-order valence-corrected chi connectivity index (χ0v) is 13.5. The zero-order chi connectivity index (χ0) is 15.5. The van der Waals surface area contributed by atoms with Gasteiger partial charge in [0.05, 0.1) is 0 Å². The van der Waals surface area contributed by atoms with Crippen LogP contribution in [0.15, 0.2) is 43.0 Å². The monoisotopic (exact) mass is 285 g/mol. The fraction of sp³-hybridized carbons (Fsp3) is 0.526. The Hall–Kier alpha value is -1.57. The molecule has 0 aliphatic heterocycles. The number of carbonyl (C=O) groups excluding carboxylic acids is 1. The summed E-state index contributed by atoms with van der Waals surface area (Å²) in [6.07, 6.45) is 3.90. The Labute approximate surface area is 128 Å². The molecule has 0 bridgehead atoms. The summed E-state index contributed by atoms with van der Waals surface area (Å²) in [7, 11) is 0. The first-order chi connectivity index (χ1) is 10.0. The van der Waals surface area contributed by atoms with Gasteiger partial charge in [-0.15, -0.1) is 6.58 Å². The Balaban J connectivity index is 2.03. The molecule has 1 saturated carbocycles. The van der Waals surface area contributed by atoms with E-state index in [0.717, 1.165) is 13.0 Å². The third-order valence-electron chi connectivity index (χ3n) is 4.98. The van der Waals surface area contributed by atoms with E-state index in [1.807, 2.05) is 17.9 Å². The fourth-order valence-corrected chi connectivity index (χ4v) is 3.05. The third-order valence-corrected chi connectivity index (χ3v) is 4.98. The van der Waals surface area contributed by atoms with Crippen LogP contribution in [0.25, 0.3) is 0 Å². The molecule has 0 heterocycles. The van der Waals surface area contributed by atoms with Crippen LogP contribution < -0.4 is 0 Å². The van der Waals surface area contributed by atoms with E-state index in [1.165, 1.54) is 12.0 Å². The Morgan fingerprint density at radius 1 is 1.48 bits per heavy atom. The van der Waals surface area contributed by atoms with Gasteiger partial charge in [0.25, 0.3) is 0 Å². The van der Waals surface area contributed by atoms with Gasteiger partial charge in [-0.2, -0.15) is 0 Å². The first-order valence-electron chi connectivity index (χ1n) is 7.98. The van der Waals surface area contributed by atoms with Crippen molar-refractivity contribution in [1.82, 2.24) is 4.90 Å². The Kier molecular flexibility index (Phi) is 4.87. The molecule has 0 saturated heterocycles. The largest absolute Gasteiger partial charge is 0.338 e. The molecular weight excluding hydrogens is 258 g/mol. The van der Waals surface area contributed by atoms with Crippen molar-refractivity contribution in [2.75, 3.05) is 13.1 Å². The SMILES string of the molecule is C=CCN(CC1CC1(C)c1ccccc1)C(=O)C(C)CC. The number of benzene rings is 1. The van der Waals surface area contributed by atoms with Crippen LogP contribution in [0.3, 0.4) is 0 Å². The van der Waals surface area contributed by atoms with Crippen LogP contribution >= 0.6 is 0 Å². The van der Waals surface area contributed by atoms with Crippen molar-refractivity contribution in [3.8, 4) is 0 Å². The summed E-state index contributed by atoms with van der Waals surface area (Å²) in [5.41, 5.74) is 1.63. The van der Waals surface area contributed by atoms with E-state index >= 15 is 0 Å². The van der Waals surface area contributed by atoms with Crippen LogP contribution in [0.4, 0.5) is 0 Å². The van der Waals surface area contributed by atoms with Crippen molar-refractivity contribution in [2.24, 2.45) is 11.8 Å². The quantitative estimate of drug-likeness (QED) is 0.693. The fourth-order valence-electron chi connectivity index (χ4n) is 3.05. The molecule has 1 amide bonds. The second-order valence-electron chi connectivity index (χ2n) is 6.53. The molecule has 1 fully saturated rings. The predicted octanol–water partition coefficient (Wildman–Crippen LogP) is 4.02. The molecule has 2 heteroatoms. The van der Waals surface area contributed by atoms with Crippen molar-refractivity contribution in [1.29, 1.82) is 0 Å². The molecule has 3 atom stereocenters. The third kappa shape index (κ3) is 3.37. The molecule has 0 aromatic heterocycles. The summed E-state index contributed by atoms with van der Waals surface area (Å²) < 4.78 is 0. The van der Waals surface area contributed by atoms with Crippen LogP contribution in [0.5, 0.6) is 0 Å². The molecule has 1 aliphatic carbocycles. The summed E-state index contributed by atoms with van der Waals surface area (Å²) in [6.45, 7) is 11.7. The van der Waals surface area contributed by atoms with Gasteiger partial charge in [0.2, 0.25) is 5.91 Å². The topological polar surface area (TPSA) is 20.3 Å². The average Bonchev–Trinajstić information content (AvgIpc) is 3.17. The molecule has 1 aromatic rings. The molecule has 1 aliphatic rings. The number of hydrogen-bond donors (Lipinski definition) is 0. The van der Waals surface area contributed by atoms with Crippen LogP contribution in [-0.4, -0.2) is 23.9 Å². The number of nitrogens with zero attached hydrogens (tertiary/aromatic N) is 1. The van der Waals surface area contributed by atoms with E-state index in [9.17, 15) is 4.79 Å². The van der Waals surface area contributed by atoms with Crippen molar-refractivity contribution < 1.29 is 4.79 Å². The lowest BCUT2D eigenvalue weighted by Gasteiger charge is -2.25. The van der Waals surface area contributed by atoms with Crippen molar-refractivity contribution >= 4 is 5.91 Å². The van der Waals surface area contributed by atoms with Crippen LogP contribution in [0.2, 0.25) is 0 Å². The van der Waals surface area contributed by atoms with Gasteiger partial charge in [-0.25, -0.2) is 0 Å². The molecule has 2 rings (SSSR count). The summed E-state index contributed by atoms with van der Waals surface area (Å²) >= 11 is 0. The van der Waals surface area contributed by atoms with E-state index in [4.69, 9.17) is 0 Å². The highest BCUT2D eigenvalue weighted by atomic mass is 16.2. The standard InChI is InChI=1S/C19H27NO/c1-5-12-20(18(21)15(3)6-2)14-17-13-19(17,4)16-10-8-7-9-11-16/h5,7-11,15,17H,1,6,12-14H2,2-4H3. The second kappa shape index (κ2) is 6.46. The summed E-state index contributed by atoms with van der Waals surface area (Å²) in [5.74, 6) is 0.930. The summed E-state index contributed by atoms with van der Waals surface area (Å²) in [5, 5.41) is 0. The van der Waals surface area contributed by atoms with Gasteiger partial charge >= 0.3 is 0 Å². The highest BCUT2D eigenvalue weighted by molar-refractivity contribution is 5.78. The van der Waals surface area contributed by atoms with E-state index in [2.05, 4.69) is 50.8 Å². The smallest absolute Gasteiger partial charge is 0.225 e. The van der Waals surface area contributed by atoms with Crippen molar-refractivity contribution in [2.45, 2.75) is 39.0 Å². The van der Waals surface area contributed by atoms with Gasteiger partial charge in [-0.05, 0) is 29.7 Å².